The number of likely N-dealkylation sites (N-methyl/N-ethyl adjacent to an activating group) is 1. The van der Waals surface area contributed by atoms with Crippen molar-refractivity contribution in [2.45, 2.75) is 13.0 Å². The Balaban J connectivity index is 3.03. The highest BCUT2D eigenvalue weighted by Crippen LogP contribution is 2.14. The molecule has 1 rings (SSSR count). The molecular formula is C9H15N5O2. The van der Waals surface area contributed by atoms with Crippen LogP contribution in [0.25, 0.3) is 0 Å². The van der Waals surface area contributed by atoms with Crippen LogP contribution < -0.4 is 10.6 Å². The molecule has 1 aromatic rings. The summed E-state index contributed by atoms with van der Waals surface area (Å²) < 4.78 is 0. The first-order valence-corrected chi connectivity index (χ1v) is 4.75. The van der Waals surface area contributed by atoms with Crippen LogP contribution in [0.3, 0.4) is 0 Å². The van der Waals surface area contributed by atoms with E-state index in [0.717, 1.165) is 0 Å². The largest absolute Gasteiger partial charge is 0.409 e. The lowest BCUT2D eigenvalue weighted by Gasteiger charge is -2.21. The van der Waals surface area contributed by atoms with Crippen LogP contribution in [0.1, 0.15) is 12.5 Å². The lowest BCUT2D eigenvalue weighted by Crippen LogP contribution is -2.30. The van der Waals surface area contributed by atoms with Gasteiger partial charge in [0, 0.05) is 13.6 Å². The van der Waals surface area contributed by atoms with E-state index in [4.69, 9.17) is 10.9 Å². The number of rotatable bonds is 4. The Labute approximate surface area is 93.2 Å². The van der Waals surface area contributed by atoms with Crippen LogP contribution >= 0.6 is 0 Å². The predicted molar refractivity (Wildman–Crippen MR) is 59.5 cm³/mol. The zero-order valence-corrected chi connectivity index (χ0v) is 9.20. The molecule has 0 aliphatic heterocycles. The third-order valence-corrected chi connectivity index (χ3v) is 1.98. The van der Waals surface area contributed by atoms with Crippen molar-refractivity contribution in [3.63, 3.8) is 0 Å². The number of aromatic nitrogens is 2. The summed E-state index contributed by atoms with van der Waals surface area (Å²) in [5.41, 5.74) is 5.98. The molecule has 0 amide bonds. The number of aliphatic hydroxyl groups excluding tert-OH is 1. The molecule has 0 fully saturated rings. The Bertz CT molecular complexity index is 380. The van der Waals surface area contributed by atoms with Gasteiger partial charge in [0.15, 0.2) is 11.7 Å². The highest BCUT2D eigenvalue weighted by molar-refractivity contribution is 6.01. The second-order valence-electron chi connectivity index (χ2n) is 3.48. The third kappa shape index (κ3) is 2.80. The van der Waals surface area contributed by atoms with Crippen molar-refractivity contribution in [2.24, 2.45) is 10.9 Å². The summed E-state index contributed by atoms with van der Waals surface area (Å²) in [7, 11) is 1.74. The van der Waals surface area contributed by atoms with Crippen molar-refractivity contribution in [3.8, 4) is 0 Å². The van der Waals surface area contributed by atoms with Crippen molar-refractivity contribution in [3.05, 3.63) is 17.8 Å². The molecule has 0 saturated heterocycles. The monoisotopic (exact) mass is 225 g/mol. The first kappa shape index (κ1) is 12.2. The van der Waals surface area contributed by atoms with Gasteiger partial charge in [-0.05, 0) is 13.0 Å². The molecule has 0 spiro atoms. The lowest BCUT2D eigenvalue weighted by molar-refractivity contribution is 0.201. The molecule has 16 heavy (non-hydrogen) atoms. The minimum atomic E-state index is -0.507. The Morgan fingerprint density at radius 2 is 2.38 bits per heavy atom. The lowest BCUT2D eigenvalue weighted by atomic mass is 10.2. The van der Waals surface area contributed by atoms with Gasteiger partial charge < -0.3 is 20.9 Å². The van der Waals surface area contributed by atoms with Gasteiger partial charge >= 0.3 is 0 Å². The van der Waals surface area contributed by atoms with Gasteiger partial charge in [0.05, 0.1) is 17.9 Å². The fourth-order valence-electron chi connectivity index (χ4n) is 1.34. The molecular weight excluding hydrogens is 210 g/mol. The molecule has 0 bridgehead atoms. The number of hydrogen-bond acceptors (Lipinski definition) is 6. The molecule has 1 atom stereocenters. The summed E-state index contributed by atoms with van der Waals surface area (Å²) in [5.74, 6) is 0.418. The summed E-state index contributed by atoms with van der Waals surface area (Å²) in [6, 6.07) is 1.59. The van der Waals surface area contributed by atoms with Crippen LogP contribution in [0.5, 0.6) is 0 Å². The number of nitrogens with two attached hydrogens (primary N) is 1. The number of anilines is 1. The van der Waals surface area contributed by atoms with Gasteiger partial charge in [-0.25, -0.2) is 0 Å². The van der Waals surface area contributed by atoms with Crippen molar-refractivity contribution >= 4 is 11.7 Å². The minimum Gasteiger partial charge on any atom is -0.409 e. The van der Waals surface area contributed by atoms with Gasteiger partial charge in [0.2, 0.25) is 0 Å². The van der Waals surface area contributed by atoms with Crippen LogP contribution in [-0.4, -0.2) is 46.0 Å². The maximum absolute atomic E-state index is 9.27. The van der Waals surface area contributed by atoms with Crippen LogP contribution in [0.4, 0.5) is 5.82 Å². The zero-order chi connectivity index (χ0) is 12.1. The molecule has 0 aliphatic rings. The second kappa shape index (κ2) is 5.26. The average molecular weight is 225 g/mol. The number of oxime groups is 1. The summed E-state index contributed by atoms with van der Waals surface area (Å²) in [5, 5.41) is 28.4. The SMILES string of the molecule is CC(O)CN(C)c1nnccc1/C(N)=N/O. The summed E-state index contributed by atoms with van der Waals surface area (Å²) >= 11 is 0. The van der Waals surface area contributed by atoms with Crippen LogP contribution in [0.15, 0.2) is 17.4 Å². The van der Waals surface area contributed by atoms with E-state index in [-0.39, 0.29) is 5.84 Å². The molecule has 0 radical (unpaired) electrons. The van der Waals surface area contributed by atoms with E-state index in [2.05, 4.69) is 15.4 Å². The number of hydrogen-bond donors (Lipinski definition) is 3. The molecule has 7 heteroatoms. The number of aliphatic hydroxyl groups is 1. The normalized spacial score (nSPS) is 13.6. The van der Waals surface area contributed by atoms with Crippen molar-refractivity contribution in [1.29, 1.82) is 0 Å². The first-order valence-electron chi connectivity index (χ1n) is 4.75. The highest BCUT2D eigenvalue weighted by atomic mass is 16.4. The summed E-state index contributed by atoms with van der Waals surface area (Å²) in [6.45, 7) is 2.04. The van der Waals surface area contributed by atoms with E-state index in [1.807, 2.05) is 0 Å². The quantitative estimate of drug-likeness (QED) is 0.273. The topological polar surface area (TPSA) is 108 Å². The second-order valence-corrected chi connectivity index (χ2v) is 3.48. The standard InChI is InChI=1S/C9H15N5O2/c1-6(15)5-14(2)9-7(8(10)13-16)3-4-11-12-9/h3-4,6,15-16H,5H2,1-2H3,(H2,10,13). The van der Waals surface area contributed by atoms with Crippen LogP contribution in [0, 0.1) is 0 Å². The van der Waals surface area contributed by atoms with Crippen LogP contribution in [-0.2, 0) is 0 Å². The smallest absolute Gasteiger partial charge is 0.173 e. The maximum atomic E-state index is 9.27. The maximum Gasteiger partial charge on any atom is 0.173 e. The van der Waals surface area contributed by atoms with Crippen molar-refractivity contribution < 1.29 is 10.3 Å². The van der Waals surface area contributed by atoms with E-state index < -0.39 is 6.10 Å². The molecule has 1 unspecified atom stereocenters. The molecule has 0 saturated carbocycles. The summed E-state index contributed by atoms with van der Waals surface area (Å²) in [4.78, 5) is 1.69. The molecule has 1 aromatic heterocycles. The third-order valence-electron chi connectivity index (χ3n) is 1.98. The van der Waals surface area contributed by atoms with E-state index in [9.17, 15) is 5.11 Å². The fraction of sp³-hybridized carbons (Fsp3) is 0.444. The molecule has 0 aromatic carbocycles. The number of nitrogens with zero attached hydrogens (tertiary/aromatic N) is 4. The van der Waals surface area contributed by atoms with E-state index in [1.165, 1.54) is 6.20 Å². The molecule has 0 aliphatic carbocycles. The minimum absolute atomic E-state index is 0.0395. The highest BCUT2D eigenvalue weighted by Gasteiger charge is 2.14. The zero-order valence-electron chi connectivity index (χ0n) is 9.20. The Morgan fingerprint density at radius 1 is 1.69 bits per heavy atom. The van der Waals surface area contributed by atoms with Gasteiger partial charge in [0.1, 0.15) is 0 Å². The number of amidine groups is 1. The van der Waals surface area contributed by atoms with Crippen molar-refractivity contribution in [2.75, 3.05) is 18.5 Å². The van der Waals surface area contributed by atoms with Gasteiger partial charge in [-0.3, -0.25) is 0 Å². The van der Waals surface area contributed by atoms with Gasteiger partial charge in [-0.2, -0.15) is 5.10 Å². The molecule has 1 heterocycles. The van der Waals surface area contributed by atoms with Crippen LogP contribution in [0.2, 0.25) is 0 Å². The predicted octanol–water partition coefficient (Wildman–Crippen LogP) is -0.612. The van der Waals surface area contributed by atoms with Gasteiger partial charge in [-0.15, -0.1) is 5.10 Å². The summed E-state index contributed by atoms with van der Waals surface area (Å²) in [6.07, 6.45) is 0.944. The molecule has 88 valence electrons. The Hall–Kier alpha value is -1.89. The fourth-order valence-corrected chi connectivity index (χ4v) is 1.34. The van der Waals surface area contributed by atoms with Gasteiger partial charge in [-0.1, -0.05) is 5.16 Å². The van der Waals surface area contributed by atoms with E-state index >= 15 is 0 Å². The van der Waals surface area contributed by atoms with Gasteiger partial charge in [0.25, 0.3) is 0 Å². The first-order chi connectivity index (χ1) is 7.56. The molecule has 4 N–H and O–H groups in total. The van der Waals surface area contributed by atoms with Crippen molar-refractivity contribution in [1.82, 2.24) is 10.2 Å². The molecule has 7 nitrogen and oxygen atoms in total. The van der Waals surface area contributed by atoms with E-state index in [0.29, 0.717) is 17.9 Å². The van der Waals surface area contributed by atoms with E-state index in [1.54, 1.807) is 24.9 Å². The average Bonchev–Trinajstić information content (AvgIpc) is 2.27. The Kier molecular flexibility index (Phi) is 4.01. The Morgan fingerprint density at radius 3 is 2.94 bits per heavy atom.